The molecule has 5 nitrogen and oxygen atoms in total. The van der Waals surface area contributed by atoms with Crippen LogP contribution in [0.15, 0.2) is 71.6 Å². The Labute approximate surface area is 211 Å². The van der Waals surface area contributed by atoms with E-state index in [1.165, 1.54) is 12.1 Å². The first kappa shape index (κ1) is 26.3. The van der Waals surface area contributed by atoms with Crippen LogP contribution in [0.25, 0.3) is 0 Å². The number of anilines is 1. The topological polar surface area (TPSA) is 66.5 Å². The molecule has 3 aromatic rings. The van der Waals surface area contributed by atoms with Crippen LogP contribution in [-0.2, 0) is 20.6 Å². The van der Waals surface area contributed by atoms with Crippen molar-refractivity contribution in [3.05, 3.63) is 94.0 Å². The van der Waals surface area contributed by atoms with E-state index in [1.54, 1.807) is 23.9 Å². The fourth-order valence-electron chi connectivity index (χ4n) is 2.92. The van der Waals surface area contributed by atoms with Gasteiger partial charge in [0.2, 0.25) is 5.91 Å². The minimum absolute atomic E-state index is 0.106. The number of benzene rings is 3. The van der Waals surface area contributed by atoms with Gasteiger partial charge in [-0.2, -0.15) is 11.8 Å². The predicted octanol–water partition coefficient (Wildman–Crippen LogP) is 5.52. The Morgan fingerprint density at radius 1 is 0.912 bits per heavy atom. The van der Waals surface area contributed by atoms with Crippen LogP contribution < -0.4 is 9.62 Å². The van der Waals surface area contributed by atoms with Crippen molar-refractivity contribution in [2.24, 2.45) is 0 Å². The molecular weight excluding hydrogens is 525 g/mol. The molecule has 0 aliphatic carbocycles. The maximum Gasteiger partial charge on any atom is 0.264 e. The molecule has 3 rings (SSSR count). The minimum atomic E-state index is -4.20. The Hall–Kier alpha value is -2.33. The summed E-state index contributed by atoms with van der Waals surface area (Å²) < 4.78 is 53.8. The van der Waals surface area contributed by atoms with Gasteiger partial charge in [0.05, 0.1) is 20.6 Å². The first-order valence-corrected chi connectivity index (χ1v) is 13.3. The lowest BCUT2D eigenvalue weighted by Crippen LogP contribution is -2.41. The SMILES string of the molecule is O=C(CN(c1ccc(F)cc1)S(=O)(=O)c1ccc(F)cc1)NCCSCc1ccc(Cl)c(Cl)c1. The minimum Gasteiger partial charge on any atom is -0.354 e. The molecule has 0 aliphatic rings. The van der Waals surface area contributed by atoms with E-state index in [2.05, 4.69) is 5.32 Å². The monoisotopic (exact) mass is 544 g/mol. The van der Waals surface area contributed by atoms with Gasteiger partial charge in [0.15, 0.2) is 0 Å². The number of rotatable bonds is 10. The molecule has 0 saturated heterocycles. The van der Waals surface area contributed by atoms with Gasteiger partial charge >= 0.3 is 0 Å². The maximum atomic E-state index is 13.4. The van der Waals surface area contributed by atoms with Crippen molar-refractivity contribution >= 4 is 56.6 Å². The molecule has 0 radical (unpaired) electrons. The van der Waals surface area contributed by atoms with Gasteiger partial charge in [0.1, 0.15) is 18.2 Å². The molecule has 11 heteroatoms. The second kappa shape index (κ2) is 11.9. The number of sulfonamides is 1. The lowest BCUT2D eigenvalue weighted by Gasteiger charge is -2.24. The van der Waals surface area contributed by atoms with Gasteiger partial charge in [-0.25, -0.2) is 17.2 Å². The van der Waals surface area contributed by atoms with E-state index in [0.29, 0.717) is 28.1 Å². The number of nitrogens with one attached hydrogen (secondary N) is 1. The number of halogens is 4. The predicted molar refractivity (Wildman–Crippen MR) is 133 cm³/mol. The molecule has 3 aromatic carbocycles. The lowest BCUT2D eigenvalue weighted by atomic mass is 10.2. The standard InChI is InChI=1S/C23H20Cl2F2N2O3S2/c24-21-10-1-16(13-22(21)25)15-33-12-11-28-23(30)14-29(19-6-2-17(26)3-7-19)34(31,32)20-8-4-18(27)5-9-20/h1-10,13H,11-12,14-15H2,(H,28,30). The average Bonchev–Trinajstić information content (AvgIpc) is 2.80. The highest BCUT2D eigenvalue weighted by molar-refractivity contribution is 7.98. The Balaban J connectivity index is 1.62. The third kappa shape index (κ3) is 7.09. The summed E-state index contributed by atoms with van der Waals surface area (Å²) in [4.78, 5) is 12.4. The van der Waals surface area contributed by atoms with Gasteiger partial charge in [-0.15, -0.1) is 0 Å². The molecular formula is C23H20Cl2F2N2O3S2. The molecule has 0 saturated carbocycles. The molecule has 0 fully saturated rings. The summed E-state index contributed by atoms with van der Waals surface area (Å²) in [6.45, 7) is -0.221. The first-order valence-electron chi connectivity index (χ1n) is 9.99. The van der Waals surface area contributed by atoms with Crippen LogP contribution in [0.5, 0.6) is 0 Å². The summed E-state index contributed by atoms with van der Waals surface area (Å²) in [5.74, 6) is -0.444. The fraction of sp³-hybridized carbons (Fsp3) is 0.174. The molecule has 0 aliphatic heterocycles. The van der Waals surface area contributed by atoms with Crippen molar-refractivity contribution in [3.8, 4) is 0 Å². The number of amides is 1. The summed E-state index contributed by atoms with van der Waals surface area (Å²) in [7, 11) is -4.20. The molecule has 0 bridgehead atoms. The van der Waals surface area contributed by atoms with Gasteiger partial charge in [0.25, 0.3) is 10.0 Å². The maximum absolute atomic E-state index is 13.4. The van der Waals surface area contributed by atoms with Crippen molar-refractivity contribution in [1.82, 2.24) is 5.32 Å². The zero-order chi connectivity index (χ0) is 24.7. The van der Waals surface area contributed by atoms with Gasteiger partial charge in [-0.05, 0) is 66.2 Å². The van der Waals surface area contributed by atoms with Crippen molar-refractivity contribution in [2.45, 2.75) is 10.6 Å². The number of thioether (sulfide) groups is 1. The molecule has 0 spiro atoms. The number of carbonyl (C=O) groups is 1. The zero-order valence-corrected chi connectivity index (χ0v) is 20.8. The van der Waals surface area contributed by atoms with E-state index < -0.39 is 34.1 Å². The van der Waals surface area contributed by atoms with Crippen molar-refractivity contribution < 1.29 is 22.0 Å². The highest BCUT2D eigenvalue weighted by Crippen LogP contribution is 2.25. The van der Waals surface area contributed by atoms with E-state index in [9.17, 15) is 22.0 Å². The summed E-state index contributed by atoms with van der Waals surface area (Å²) >= 11 is 13.5. The normalized spacial score (nSPS) is 11.3. The largest absolute Gasteiger partial charge is 0.354 e. The van der Waals surface area contributed by atoms with Crippen molar-refractivity contribution in [2.75, 3.05) is 23.1 Å². The van der Waals surface area contributed by atoms with Crippen LogP contribution in [0.1, 0.15) is 5.56 Å². The number of hydrogen-bond donors (Lipinski definition) is 1. The van der Waals surface area contributed by atoms with Crippen molar-refractivity contribution in [3.63, 3.8) is 0 Å². The quantitative estimate of drug-likeness (QED) is 0.341. The Bertz CT molecular complexity index is 1240. The van der Waals surface area contributed by atoms with Crippen molar-refractivity contribution in [1.29, 1.82) is 0 Å². The molecule has 0 atom stereocenters. The molecule has 180 valence electrons. The lowest BCUT2D eigenvalue weighted by molar-refractivity contribution is -0.119. The second-order valence-corrected chi connectivity index (χ2v) is 10.9. The molecule has 0 heterocycles. The van der Waals surface area contributed by atoms with E-state index >= 15 is 0 Å². The molecule has 34 heavy (non-hydrogen) atoms. The van der Waals surface area contributed by atoms with Gasteiger partial charge in [-0.1, -0.05) is 29.3 Å². The van der Waals surface area contributed by atoms with Crippen LogP contribution in [0.2, 0.25) is 10.0 Å². The van der Waals surface area contributed by atoms with Gasteiger partial charge < -0.3 is 5.32 Å². The zero-order valence-electron chi connectivity index (χ0n) is 17.7. The van der Waals surface area contributed by atoms with Gasteiger partial charge in [0, 0.05) is 18.1 Å². The highest BCUT2D eigenvalue weighted by Gasteiger charge is 2.27. The summed E-state index contributed by atoms with van der Waals surface area (Å²) in [6.07, 6.45) is 0. The third-order valence-corrected chi connectivity index (χ3v) is 8.18. The highest BCUT2D eigenvalue weighted by atomic mass is 35.5. The van der Waals surface area contributed by atoms with Crippen LogP contribution in [0.3, 0.4) is 0 Å². The van der Waals surface area contributed by atoms with E-state index in [0.717, 1.165) is 46.3 Å². The van der Waals surface area contributed by atoms with E-state index in [-0.39, 0.29) is 10.6 Å². The second-order valence-electron chi connectivity index (χ2n) is 7.09. The van der Waals surface area contributed by atoms with Crippen LogP contribution >= 0.6 is 35.0 Å². The molecule has 0 aromatic heterocycles. The smallest absolute Gasteiger partial charge is 0.264 e. The number of carbonyl (C=O) groups excluding carboxylic acids is 1. The summed E-state index contributed by atoms with van der Waals surface area (Å²) in [5.41, 5.74) is 1.09. The Morgan fingerprint density at radius 2 is 1.53 bits per heavy atom. The van der Waals surface area contributed by atoms with Crippen LogP contribution in [-0.4, -0.2) is 33.2 Å². The summed E-state index contributed by atoms with van der Waals surface area (Å²) in [6, 6.07) is 14.3. The van der Waals surface area contributed by atoms with Crippen LogP contribution in [0.4, 0.5) is 14.5 Å². The van der Waals surface area contributed by atoms with Gasteiger partial charge in [-0.3, -0.25) is 9.10 Å². The van der Waals surface area contributed by atoms with Crippen LogP contribution in [0, 0.1) is 11.6 Å². The Kier molecular flexibility index (Phi) is 9.18. The molecule has 0 unspecified atom stereocenters. The fourth-order valence-corrected chi connectivity index (χ4v) is 5.47. The van der Waals surface area contributed by atoms with E-state index in [4.69, 9.17) is 23.2 Å². The number of nitrogens with zero attached hydrogens (tertiary/aromatic N) is 1. The first-order chi connectivity index (χ1) is 16.2. The Morgan fingerprint density at radius 3 is 2.15 bits per heavy atom. The van der Waals surface area contributed by atoms with E-state index in [1.807, 2.05) is 6.07 Å². The average molecular weight is 545 g/mol. The molecule has 1 N–H and O–H groups in total. The molecule has 1 amide bonds. The number of hydrogen-bond acceptors (Lipinski definition) is 4. The third-order valence-electron chi connectivity index (χ3n) is 4.62. The summed E-state index contributed by atoms with van der Waals surface area (Å²) in [5, 5.41) is 3.63.